The third-order valence-electron chi connectivity index (χ3n) is 6.83. The molecule has 202 valence electrons. The molecule has 0 spiro atoms. The molecule has 3 aliphatic rings. The Labute approximate surface area is 218 Å². The number of carbonyl (C=O) groups excluding carboxylic acids is 2. The fourth-order valence-electron chi connectivity index (χ4n) is 4.72. The molecule has 9 nitrogen and oxygen atoms in total. The van der Waals surface area contributed by atoms with Gasteiger partial charge in [-0.15, -0.1) is 23.4 Å². The number of benzene rings is 1. The van der Waals surface area contributed by atoms with Gasteiger partial charge in [-0.3, -0.25) is 14.5 Å². The molecule has 1 aromatic heterocycles. The summed E-state index contributed by atoms with van der Waals surface area (Å²) in [5, 5.41) is 11.2. The van der Waals surface area contributed by atoms with E-state index in [4.69, 9.17) is 10.5 Å². The van der Waals surface area contributed by atoms with Crippen LogP contribution in [0.3, 0.4) is 0 Å². The summed E-state index contributed by atoms with van der Waals surface area (Å²) < 4.78 is 63.9. The highest BCUT2D eigenvalue weighted by Gasteiger charge is 2.58. The summed E-state index contributed by atoms with van der Waals surface area (Å²) in [5.41, 5.74) is 2.97. The van der Waals surface area contributed by atoms with Crippen molar-refractivity contribution in [2.24, 2.45) is 5.73 Å². The van der Waals surface area contributed by atoms with Crippen molar-refractivity contribution in [1.29, 1.82) is 0 Å². The van der Waals surface area contributed by atoms with Gasteiger partial charge in [0.15, 0.2) is 10.5 Å². The van der Waals surface area contributed by atoms with Gasteiger partial charge in [0, 0.05) is 30.6 Å². The van der Waals surface area contributed by atoms with Crippen LogP contribution in [-0.4, -0.2) is 65.1 Å². The molecule has 1 saturated heterocycles. The maximum absolute atomic E-state index is 13.8. The predicted octanol–water partition coefficient (Wildman–Crippen LogP) is 2.76. The lowest BCUT2D eigenvalue weighted by Gasteiger charge is -2.40. The van der Waals surface area contributed by atoms with E-state index in [2.05, 4.69) is 20.3 Å². The van der Waals surface area contributed by atoms with E-state index in [1.165, 1.54) is 24.3 Å². The summed E-state index contributed by atoms with van der Waals surface area (Å²) in [4.78, 5) is 27.9. The van der Waals surface area contributed by atoms with Crippen LogP contribution in [0.5, 0.6) is 0 Å². The number of morpholine rings is 1. The molecule has 1 saturated carbocycles. The number of carbonyl (C=O) groups is 2. The Hall–Kier alpha value is -3.36. The molecular formula is C24H23F4N5O4S. The van der Waals surface area contributed by atoms with Crippen molar-refractivity contribution in [2.45, 2.75) is 36.7 Å². The van der Waals surface area contributed by atoms with Crippen molar-refractivity contribution in [1.82, 2.24) is 20.4 Å². The van der Waals surface area contributed by atoms with Crippen LogP contribution in [0.1, 0.15) is 24.3 Å². The van der Waals surface area contributed by atoms with Crippen LogP contribution < -0.4 is 11.1 Å². The smallest absolute Gasteiger partial charge is 0.407 e. The van der Waals surface area contributed by atoms with E-state index >= 15 is 0 Å². The van der Waals surface area contributed by atoms with Crippen LogP contribution in [0.2, 0.25) is 0 Å². The van der Waals surface area contributed by atoms with Gasteiger partial charge in [0.25, 0.3) is 0 Å². The van der Waals surface area contributed by atoms with Gasteiger partial charge in [-0.1, -0.05) is 17.4 Å². The average molecular weight is 554 g/mol. The highest BCUT2D eigenvalue weighted by molar-refractivity contribution is 7.14. The zero-order chi connectivity index (χ0) is 27.1. The minimum absolute atomic E-state index is 0.0328. The maximum Gasteiger partial charge on any atom is 0.572 e. The van der Waals surface area contributed by atoms with E-state index in [1.54, 1.807) is 0 Å². The van der Waals surface area contributed by atoms with E-state index < -0.39 is 47.3 Å². The number of alkyl halides is 3. The summed E-state index contributed by atoms with van der Waals surface area (Å²) in [5.74, 6) is -2.56. The number of ether oxygens (including phenoxy) is 2. The van der Waals surface area contributed by atoms with E-state index in [9.17, 15) is 27.2 Å². The number of allylic oxidation sites excluding steroid dienone is 2. The fraction of sp³-hybridized carbons (Fsp3) is 0.417. The molecule has 2 fully saturated rings. The van der Waals surface area contributed by atoms with E-state index in [0.717, 1.165) is 23.5 Å². The number of aromatic nitrogens is 2. The summed E-state index contributed by atoms with van der Waals surface area (Å²) >= 11 is 0.889. The van der Waals surface area contributed by atoms with Crippen molar-refractivity contribution in [3.05, 3.63) is 58.6 Å². The highest BCUT2D eigenvalue weighted by atomic mass is 32.1. The van der Waals surface area contributed by atoms with Crippen molar-refractivity contribution in [3.8, 4) is 10.6 Å². The molecule has 3 N–H and O–H groups in total. The Bertz CT molecular complexity index is 1300. The van der Waals surface area contributed by atoms with Gasteiger partial charge in [-0.2, -0.15) is 0 Å². The van der Waals surface area contributed by atoms with E-state index in [1.807, 2.05) is 4.90 Å². The molecule has 2 amide bonds. The largest absolute Gasteiger partial charge is 0.572 e. The topological polar surface area (TPSA) is 120 Å². The standard InChI is InChI=1S/C24H23F4N5O4S/c25-16-4-1-14(2-5-16)19-31-32-21(38-19)23(13-15(18(29)34)3-6-17(23)37-24(26,27)28)30-20(35)22(7-8-22)33-9-11-36-12-10-33/h1-6H,7-13H2,(H2,29,34)(H,30,35). The van der Waals surface area contributed by atoms with E-state index in [-0.39, 0.29) is 15.6 Å². The third-order valence-corrected chi connectivity index (χ3v) is 7.96. The van der Waals surface area contributed by atoms with Gasteiger partial charge in [-0.25, -0.2) is 4.39 Å². The zero-order valence-electron chi connectivity index (χ0n) is 19.9. The summed E-state index contributed by atoms with van der Waals surface area (Å²) in [6.45, 7) is 1.83. The number of nitrogens with zero attached hydrogens (tertiary/aromatic N) is 3. The molecule has 2 aromatic rings. The fourth-order valence-corrected chi connectivity index (χ4v) is 5.72. The summed E-state index contributed by atoms with van der Waals surface area (Å²) in [6, 6.07) is 5.31. The first-order valence-corrected chi connectivity index (χ1v) is 12.6. The maximum atomic E-state index is 13.8. The van der Waals surface area contributed by atoms with Gasteiger partial charge < -0.3 is 20.5 Å². The summed E-state index contributed by atoms with van der Waals surface area (Å²) in [6.07, 6.45) is -2.44. The number of rotatable bonds is 7. The van der Waals surface area contributed by atoms with Crippen molar-refractivity contribution >= 4 is 23.2 Å². The van der Waals surface area contributed by atoms with Crippen molar-refractivity contribution in [2.75, 3.05) is 26.3 Å². The molecule has 2 heterocycles. The van der Waals surface area contributed by atoms with Gasteiger partial charge in [-0.05, 0) is 43.2 Å². The summed E-state index contributed by atoms with van der Waals surface area (Å²) in [7, 11) is 0. The van der Waals surface area contributed by atoms with Crippen LogP contribution in [-0.2, 0) is 24.6 Å². The lowest BCUT2D eigenvalue weighted by atomic mass is 9.84. The SMILES string of the molecule is NC(=O)C1=CC=C(OC(F)(F)F)C(NC(=O)C2(N3CCOCC3)CC2)(c2nnc(-c3ccc(F)cc3)s2)C1. The number of hydrogen-bond acceptors (Lipinski definition) is 8. The van der Waals surface area contributed by atoms with Crippen LogP contribution >= 0.6 is 11.3 Å². The number of hydrogen-bond donors (Lipinski definition) is 2. The van der Waals surface area contributed by atoms with Gasteiger partial charge in [0.2, 0.25) is 11.8 Å². The van der Waals surface area contributed by atoms with Crippen molar-refractivity contribution in [3.63, 3.8) is 0 Å². The van der Waals surface area contributed by atoms with Crippen LogP contribution in [0.25, 0.3) is 10.6 Å². The number of nitrogens with one attached hydrogen (secondary N) is 1. The van der Waals surface area contributed by atoms with Gasteiger partial charge >= 0.3 is 6.36 Å². The number of nitrogens with two attached hydrogens (primary N) is 1. The van der Waals surface area contributed by atoms with Gasteiger partial charge in [0.05, 0.1) is 13.2 Å². The Morgan fingerprint density at radius 2 is 1.79 bits per heavy atom. The molecular weight excluding hydrogens is 530 g/mol. The lowest BCUT2D eigenvalue weighted by molar-refractivity contribution is -0.310. The quantitative estimate of drug-likeness (QED) is 0.506. The molecule has 1 atom stereocenters. The molecule has 2 aliphatic carbocycles. The Morgan fingerprint density at radius 3 is 2.39 bits per heavy atom. The second kappa shape index (κ2) is 9.75. The monoisotopic (exact) mass is 553 g/mol. The van der Waals surface area contributed by atoms with Crippen molar-refractivity contribution < 1.29 is 36.6 Å². The Morgan fingerprint density at radius 1 is 1.11 bits per heavy atom. The highest BCUT2D eigenvalue weighted by Crippen LogP contribution is 2.47. The minimum Gasteiger partial charge on any atom is -0.407 e. The predicted molar refractivity (Wildman–Crippen MR) is 127 cm³/mol. The molecule has 14 heteroatoms. The molecule has 0 bridgehead atoms. The minimum atomic E-state index is -5.11. The first kappa shape index (κ1) is 26.3. The van der Waals surface area contributed by atoms with Crippen LogP contribution in [0.15, 0.2) is 47.7 Å². The molecule has 5 rings (SSSR count). The van der Waals surface area contributed by atoms with Crippen LogP contribution in [0.4, 0.5) is 17.6 Å². The molecule has 1 unspecified atom stereocenters. The third kappa shape index (κ3) is 5.02. The molecule has 1 aromatic carbocycles. The average Bonchev–Trinajstić information content (AvgIpc) is 3.55. The lowest BCUT2D eigenvalue weighted by Crippen LogP contribution is -2.59. The number of primary amides is 1. The Balaban J connectivity index is 1.58. The molecule has 0 radical (unpaired) electrons. The Kier molecular flexibility index (Phi) is 6.73. The normalized spacial score (nSPS) is 23.3. The van der Waals surface area contributed by atoms with E-state index in [0.29, 0.717) is 44.7 Å². The number of halogens is 4. The molecule has 1 aliphatic heterocycles. The first-order chi connectivity index (χ1) is 18.0. The second-order valence-electron chi connectivity index (χ2n) is 9.22. The first-order valence-electron chi connectivity index (χ1n) is 11.7. The van der Waals surface area contributed by atoms with Crippen LogP contribution in [0, 0.1) is 5.82 Å². The van der Waals surface area contributed by atoms with Gasteiger partial charge in [0.1, 0.15) is 22.1 Å². The second-order valence-corrected chi connectivity index (χ2v) is 10.2. The number of amides is 2. The molecule has 38 heavy (non-hydrogen) atoms. The zero-order valence-corrected chi connectivity index (χ0v) is 20.7.